The summed E-state index contributed by atoms with van der Waals surface area (Å²) in [5.41, 5.74) is 0.743. The predicted molar refractivity (Wildman–Crippen MR) is 163 cm³/mol. The maximum Gasteiger partial charge on any atom is 0.433 e. The number of carbonyl (C=O) groups is 4. The number of hydrazine groups is 1. The van der Waals surface area contributed by atoms with Crippen molar-refractivity contribution < 1.29 is 42.2 Å². The largest absolute Gasteiger partial charge is 0.504 e. The molecule has 2 heterocycles. The van der Waals surface area contributed by atoms with Gasteiger partial charge in [-0.1, -0.05) is 23.3 Å². The number of aromatic hydroxyl groups is 1. The fourth-order valence-electron chi connectivity index (χ4n) is 6.85. The normalized spacial score (nSPS) is 24.7. The lowest BCUT2D eigenvalue weighted by atomic mass is 9.59. The average Bonchev–Trinajstić information content (AvgIpc) is 3.24. The monoisotopic (exact) mass is 753 g/mol. The highest BCUT2D eigenvalue weighted by atomic mass is 127. The van der Waals surface area contributed by atoms with Crippen LogP contribution < -0.4 is 9.75 Å². The lowest BCUT2D eigenvalue weighted by Crippen LogP contribution is -2.46. The molecule has 1 aromatic carbocycles. The number of aromatic nitrogens is 1. The Morgan fingerprint density at radius 1 is 1.13 bits per heavy atom. The maximum atomic E-state index is 14.1. The predicted octanol–water partition coefficient (Wildman–Crippen LogP) is 5.55. The van der Waals surface area contributed by atoms with E-state index in [1.54, 1.807) is 19.1 Å². The van der Waals surface area contributed by atoms with E-state index in [2.05, 4.69) is 4.98 Å². The van der Waals surface area contributed by atoms with Gasteiger partial charge in [0.15, 0.2) is 28.9 Å². The average molecular weight is 754 g/mol. The molecule has 234 valence electrons. The first-order valence-corrected chi connectivity index (χ1v) is 15.2. The van der Waals surface area contributed by atoms with Crippen LogP contribution >= 0.6 is 34.2 Å². The fourth-order valence-corrected chi connectivity index (χ4v) is 7.70. The molecule has 1 aromatic heterocycles. The molecule has 14 heteroatoms. The number of ketones is 2. The number of alkyl halides is 3. The smallest absolute Gasteiger partial charge is 0.433 e. The minimum Gasteiger partial charge on any atom is -0.504 e. The Kier molecular flexibility index (Phi) is 7.62. The molecule has 0 saturated carbocycles. The SMILES string of the molecule is COc1cc(C2C3=CCC4C(=O)N(N(C)c5nc(C(F)(F)F)ccc5Cl)C(=O)C4C3CC3=C2C(=O)C(C)=CC3=O)cc(I)c1O. The molecule has 6 rings (SSSR count). The number of hydrogen-bond acceptors (Lipinski definition) is 8. The number of nitrogens with zero attached hydrogens (tertiary/aromatic N) is 3. The van der Waals surface area contributed by atoms with Crippen molar-refractivity contribution in [1.82, 2.24) is 9.99 Å². The third kappa shape index (κ3) is 4.85. The fraction of sp³-hybridized carbons (Fsp3) is 0.323. The summed E-state index contributed by atoms with van der Waals surface area (Å²) in [5.74, 6) is -5.70. The number of ether oxygens (including phenoxy) is 1. The van der Waals surface area contributed by atoms with Crippen LogP contribution in [-0.4, -0.2) is 52.6 Å². The Morgan fingerprint density at radius 2 is 1.84 bits per heavy atom. The standard InChI is InChI=1S/C31H24ClF3IN3O6/c1-12-8-20(40)17-11-16-14(23(25(17)26(12)41)13-9-19(36)27(42)21(10-13)45-3)4-5-15-24(16)30(44)39(29(15)43)38(2)28-18(32)6-7-22(37-28)31(33,34)35/h4,6-10,15-16,23-24,42H,5,11H2,1-3H3. The summed E-state index contributed by atoms with van der Waals surface area (Å²) in [5, 5.41) is 12.0. The van der Waals surface area contributed by atoms with Crippen LogP contribution in [0.15, 0.2) is 58.7 Å². The van der Waals surface area contributed by atoms with E-state index in [1.807, 2.05) is 28.7 Å². The first-order chi connectivity index (χ1) is 21.1. The molecule has 45 heavy (non-hydrogen) atoms. The van der Waals surface area contributed by atoms with Crippen molar-refractivity contribution in [3.05, 3.63) is 78.6 Å². The highest BCUT2D eigenvalue weighted by Crippen LogP contribution is 2.56. The molecule has 2 aromatic rings. The Bertz CT molecular complexity index is 1820. The maximum absolute atomic E-state index is 14.1. The summed E-state index contributed by atoms with van der Waals surface area (Å²) in [6.45, 7) is 1.55. The number of benzene rings is 1. The molecule has 4 unspecified atom stereocenters. The van der Waals surface area contributed by atoms with Crippen LogP contribution in [0.3, 0.4) is 0 Å². The zero-order chi connectivity index (χ0) is 32.7. The minimum atomic E-state index is -4.79. The molecule has 1 aliphatic heterocycles. The van der Waals surface area contributed by atoms with E-state index in [4.69, 9.17) is 16.3 Å². The lowest BCUT2D eigenvalue weighted by Gasteiger charge is -2.42. The van der Waals surface area contributed by atoms with Crippen LogP contribution in [0.2, 0.25) is 5.02 Å². The van der Waals surface area contributed by atoms with Gasteiger partial charge in [-0.15, -0.1) is 0 Å². The molecule has 0 radical (unpaired) electrons. The Labute approximate surface area is 273 Å². The van der Waals surface area contributed by atoms with Crippen LogP contribution in [0.4, 0.5) is 19.0 Å². The summed E-state index contributed by atoms with van der Waals surface area (Å²) in [6, 6.07) is 4.96. The van der Waals surface area contributed by atoms with Crippen LogP contribution in [0.25, 0.3) is 0 Å². The van der Waals surface area contributed by atoms with Crippen molar-refractivity contribution in [3.8, 4) is 11.5 Å². The highest BCUT2D eigenvalue weighted by Gasteiger charge is 2.57. The van der Waals surface area contributed by atoms with Gasteiger partial charge in [-0.3, -0.25) is 24.2 Å². The number of imide groups is 1. The highest BCUT2D eigenvalue weighted by molar-refractivity contribution is 14.1. The van der Waals surface area contributed by atoms with Crippen molar-refractivity contribution >= 4 is 63.4 Å². The van der Waals surface area contributed by atoms with Gasteiger partial charge < -0.3 is 9.84 Å². The van der Waals surface area contributed by atoms with Crippen LogP contribution in [0.1, 0.15) is 36.9 Å². The number of rotatable bonds is 4. The number of phenolic OH excluding ortho intramolecular Hbond substituents is 1. The summed E-state index contributed by atoms with van der Waals surface area (Å²) in [7, 11) is 2.62. The summed E-state index contributed by atoms with van der Waals surface area (Å²) >= 11 is 8.12. The minimum absolute atomic E-state index is 0.0125. The van der Waals surface area contributed by atoms with Gasteiger partial charge in [-0.2, -0.15) is 18.2 Å². The van der Waals surface area contributed by atoms with Gasteiger partial charge in [-0.25, -0.2) is 4.98 Å². The second-order valence-electron chi connectivity index (χ2n) is 11.3. The van der Waals surface area contributed by atoms with Crippen molar-refractivity contribution in [2.24, 2.45) is 17.8 Å². The molecule has 1 N–H and O–H groups in total. The van der Waals surface area contributed by atoms with Gasteiger partial charge in [0.05, 0.1) is 27.5 Å². The number of Topliss-reactive ketones (excluding diaryl/α,β-unsaturated/α-hetero) is 1. The van der Waals surface area contributed by atoms with E-state index in [0.717, 1.165) is 16.1 Å². The first kappa shape index (κ1) is 31.3. The second kappa shape index (κ2) is 11.0. The molecule has 1 fully saturated rings. The van der Waals surface area contributed by atoms with E-state index < -0.39 is 53.2 Å². The summed E-state index contributed by atoms with van der Waals surface area (Å²) in [6.07, 6.45) is -1.60. The molecule has 0 spiro atoms. The number of pyridine rings is 1. The molecule has 9 nitrogen and oxygen atoms in total. The van der Waals surface area contributed by atoms with Gasteiger partial charge in [0, 0.05) is 29.7 Å². The Balaban J connectivity index is 1.45. The molecule has 3 aliphatic carbocycles. The summed E-state index contributed by atoms with van der Waals surface area (Å²) in [4.78, 5) is 58.5. The third-order valence-electron chi connectivity index (χ3n) is 8.87. The number of phenols is 1. The quantitative estimate of drug-likeness (QED) is 0.187. The van der Waals surface area contributed by atoms with Crippen LogP contribution in [-0.2, 0) is 25.4 Å². The van der Waals surface area contributed by atoms with E-state index in [0.29, 0.717) is 20.8 Å². The van der Waals surface area contributed by atoms with Crippen molar-refractivity contribution in [3.63, 3.8) is 0 Å². The van der Waals surface area contributed by atoms with Gasteiger partial charge in [0.1, 0.15) is 5.69 Å². The number of fused-ring (bicyclic) bond motifs is 3. The summed E-state index contributed by atoms with van der Waals surface area (Å²) < 4.78 is 46.2. The van der Waals surface area contributed by atoms with E-state index in [1.165, 1.54) is 20.2 Å². The van der Waals surface area contributed by atoms with Gasteiger partial charge in [-0.05, 0) is 84.2 Å². The van der Waals surface area contributed by atoms with Crippen molar-refractivity contribution in [2.45, 2.75) is 31.9 Å². The number of methoxy groups -OCH3 is 1. The topological polar surface area (TPSA) is 117 Å². The van der Waals surface area contributed by atoms with E-state index >= 15 is 0 Å². The van der Waals surface area contributed by atoms with Gasteiger partial charge >= 0.3 is 6.18 Å². The number of halogens is 5. The lowest BCUT2D eigenvalue weighted by molar-refractivity contribution is -0.141. The molecule has 1 saturated heterocycles. The number of carbonyl (C=O) groups excluding carboxylic acids is 4. The molecular formula is C31H24ClF3IN3O6. The van der Waals surface area contributed by atoms with Crippen molar-refractivity contribution in [1.29, 1.82) is 0 Å². The van der Waals surface area contributed by atoms with Gasteiger partial charge in [0.25, 0.3) is 11.8 Å². The molecule has 4 atom stereocenters. The van der Waals surface area contributed by atoms with E-state index in [-0.39, 0.29) is 57.6 Å². The van der Waals surface area contributed by atoms with Gasteiger partial charge in [0.2, 0.25) is 0 Å². The van der Waals surface area contributed by atoms with Crippen molar-refractivity contribution in [2.75, 3.05) is 19.2 Å². The Hall–Kier alpha value is -3.72. The first-order valence-electron chi connectivity index (χ1n) is 13.8. The molecule has 2 amide bonds. The molecule has 0 bridgehead atoms. The number of allylic oxidation sites excluding steroid dienone is 6. The van der Waals surface area contributed by atoms with E-state index in [9.17, 15) is 37.5 Å². The second-order valence-corrected chi connectivity index (χ2v) is 12.9. The third-order valence-corrected chi connectivity index (χ3v) is 9.99. The van der Waals surface area contributed by atoms with Crippen LogP contribution in [0.5, 0.6) is 11.5 Å². The zero-order valence-electron chi connectivity index (χ0n) is 23.9. The van der Waals surface area contributed by atoms with Crippen LogP contribution in [0, 0.1) is 21.3 Å². The molecule has 4 aliphatic rings. The number of hydrogen-bond donors (Lipinski definition) is 1. The Morgan fingerprint density at radius 3 is 2.51 bits per heavy atom. The zero-order valence-corrected chi connectivity index (χ0v) is 26.8. The number of amides is 2. The molecular weight excluding hydrogens is 730 g/mol. The number of anilines is 1.